The molecule has 0 fully saturated rings. The Morgan fingerprint density at radius 2 is 1.56 bits per heavy atom. The number of benzene rings is 3. The quantitative estimate of drug-likeness (QED) is 0.272. The second-order valence-corrected chi connectivity index (χ2v) is 11.0. The molecule has 4 nitrogen and oxygen atoms in total. The Labute approximate surface area is 232 Å². The van der Waals surface area contributed by atoms with Crippen LogP contribution in [0.15, 0.2) is 72.8 Å². The van der Waals surface area contributed by atoms with Crippen molar-refractivity contribution in [1.29, 1.82) is 0 Å². The Bertz CT molecular complexity index is 1160. The molecule has 0 radical (unpaired) electrons. The maximum atomic E-state index is 13.6. The standard InChI is InChI=1S/C28H29Cl3N2O2S/c1-19(2)32-28(35)26(14-20-6-4-3-5-7-20)33(16-22-10-13-24(30)15-25(22)31)27(34)18-36-17-21-8-11-23(29)12-9-21/h3-13,15,19,26H,14,16-18H2,1-2H3,(H,32,35)/t26-/m1/s1. The molecule has 0 aromatic heterocycles. The highest BCUT2D eigenvalue weighted by Crippen LogP contribution is 2.25. The molecule has 1 N–H and O–H groups in total. The van der Waals surface area contributed by atoms with Gasteiger partial charge in [0.15, 0.2) is 0 Å². The first-order valence-electron chi connectivity index (χ1n) is 11.6. The Morgan fingerprint density at radius 3 is 2.19 bits per heavy atom. The van der Waals surface area contributed by atoms with Gasteiger partial charge in [-0.25, -0.2) is 0 Å². The Balaban J connectivity index is 1.87. The molecule has 0 aliphatic rings. The van der Waals surface area contributed by atoms with E-state index in [-0.39, 0.29) is 30.2 Å². The van der Waals surface area contributed by atoms with Crippen LogP contribution in [0.3, 0.4) is 0 Å². The van der Waals surface area contributed by atoms with Crippen molar-refractivity contribution in [3.63, 3.8) is 0 Å². The summed E-state index contributed by atoms with van der Waals surface area (Å²) in [6.07, 6.45) is 0.387. The number of halogens is 3. The van der Waals surface area contributed by atoms with Crippen LogP contribution in [0.2, 0.25) is 15.1 Å². The summed E-state index contributed by atoms with van der Waals surface area (Å²) in [4.78, 5) is 28.6. The van der Waals surface area contributed by atoms with E-state index in [1.807, 2.05) is 68.4 Å². The molecule has 8 heteroatoms. The second-order valence-electron chi connectivity index (χ2n) is 8.75. The molecule has 190 valence electrons. The average Bonchev–Trinajstić information content (AvgIpc) is 2.84. The summed E-state index contributed by atoms with van der Waals surface area (Å²) in [5.41, 5.74) is 2.77. The number of carbonyl (C=O) groups is 2. The van der Waals surface area contributed by atoms with E-state index >= 15 is 0 Å². The van der Waals surface area contributed by atoms with Crippen molar-refractivity contribution in [1.82, 2.24) is 10.2 Å². The van der Waals surface area contributed by atoms with E-state index in [0.717, 1.165) is 16.7 Å². The zero-order valence-electron chi connectivity index (χ0n) is 20.2. The van der Waals surface area contributed by atoms with Gasteiger partial charge < -0.3 is 10.2 Å². The zero-order chi connectivity index (χ0) is 26.1. The van der Waals surface area contributed by atoms with Crippen molar-refractivity contribution < 1.29 is 9.59 Å². The third-order valence-electron chi connectivity index (χ3n) is 5.47. The first-order valence-corrected chi connectivity index (χ1v) is 13.9. The van der Waals surface area contributed by atoms with Crippen molar-refractivity contribution in [2.45, 2.75) is 44.6 Å². The molecule has 2 amide bonds. The van der Waals surface area contributed by atoms with Crippen LogP contribution in [0.4, 0.5) is 0 Å². The largest absolute Gasteiger partial charge is 0.352 e. The van der Waals surface area contributed by atoms with Crippen LogP contribution < -0.4 is 5.32 Å². The Kier molecular flexibility index (Phi) is 11.0. The van der Waals surface area contributed by atoms with Gasteiger partial charge >= 0.3 is 0 Å². The molecule has 0 saturated heterocycles. The molecule has 0 unspecified atom stereocenters. The minimum absolute atomic E-state index is 0.0638. The molecule has 0 spiro atoms. The summed E-state index contributed by atoms with van der Waals surface area (Å²) in [6, 6.07) is 21.7. The number of hydrogen-bond acceptors (Lipinski definition) is 3. The Hall–Kier alpha value is -2.18. The predicted molar refractivity (Wildman–Crippen MR) is 152 cm³/mol. The molecular weight excluding hydrogens is 535 g/mol. The molecule has 0 aliphatic carbocycles. The maximum absolute atomic E-state index is 13.6. The van der Waals surface area contributed by atoms with E-state index in [4.69, 9.17) is 34.8 Å². The summed E-state index contributed by atoms with van der Waals surface area (Å²) in [5, 5.41) is 4.63. The minimum Gasteiger partial charge on any atom is -0.352 e. The van der Waals surface area contributed by atoms with Gasteiger partial charge in [-0.05, 0) is 54.8 Å². The van der Waals surface area contributed by atoms with Gasteiger partial charge in [-0.1, -0.05) is 83.3 Å². The van der Waals surface area contributed by atoms with Gasteiger partial charge in [0.05, 0.1) is 5.75 Å². The highest BCUT2D eigenvalue weighted by atomic mass is 35.5. The molecule has 1 atom stereocenters. The summed E-state index contributed by atoms with van der Waals surface area (Å²) >= 11 is 20.0. The molecular formula is C28H29Cl3N2O2S. The van der Waals surface area contributed by atoms with Crippen molar-refractivity contribution in [2.75, 3.05) is 5.75 Å². The van der Waals surface area contributed by atoms with Gasteiger partial charge in [0.2, 0.25) is 11.8 Å². The molecule has 3 aromatic carbocycles. The lowest BCUT2D eigenvalue weighted by atomic mass is 10.0. The minimum atomic E-state index is -0.704. The predicted octanol–water partition coefficient (Wildman–Crippen LogP) is 7.04. The van der Waals surface area contributed by atoms with Gasteiger partial charge in [0.25, 0.3) is 0 Å². The summed E-state index contributed by atoms with van der Waals surface area (Å²) in [7, 11) is 0. The number of nitrogens with one attached hydrogen (secondary N) is 1. The van der Waals surface area contributed by atoms with Crippen LogP contribution in [-0.4, -0.2) is 34.6 Å². The van der Waals surface area contributed by atoms with Crippen molar-refractivity contribution >= 4 is 58.4 Å². The topological polar surface area (TPSA) is 49.4 Å². The van der Waals surface area contributed by atoms with Crippen LogP contribution in [0.25, 0.3) is 0 Å². The van der Waals surface area contributed by atoms with Crippen molar-refractivity contribution in [3.8, 4) is 0 Å². The van der Waals surface area contributed by atoms with Gasteiger partial charge in [-0.3, -0.25) is 9.59 Å². The van der Waals surface area contributed by atoms with Gasteiger partial charge in [-0.2, -0.15) is 0 Å². The number of hydrogen-bond donors (Lipinski definition) is 1. The van der Waals surface area contributed by atoms with Crippen LogP contribution >= 0.6 is 46.6 Å². The van der Waals surface area contributed by atoms with Crippen LogP contribution in [0.5, 0.6) is 0 Å². The highest BCUT2D eigenvalue weighted by Gasteiger charge is 2.31. The monoisotopic (exact) mass is 562 g/mol. The summed E-state index contributed by atoms with van der Waals surface area (Å²) < 4.78 is 0. The normalized spacial score (nSPS) is 11.8. The third kappa shape index (κ3) is 8.74. The van der Waals surface area contributed by atoms with Crippen LogP contribution in [-0.2, 0) is 28.3 Å². The molecule has 3 rings (SSSR count). The third-order valence-corrected chi connectivity index (χ3v) is 7.29. The molecule has 0 bridgehead atoms. The lowest BCUT2D eigenvalue weighted by molar-refractivity contribution is -0.139. The number of amides is 2. The average molecular weight is 564 g/mol. The highest BCUT2D eigenvalue weighted by molar-refractivity contribution is 7.99. The van der Waals surface area contributed by atoms with Gasteiger partial charge in [0.1, 0.15) is 6.04 Å². The van der Waals surface area contributed by atoms with Crippen molar-refractivity contribution in [3.05, 3.63) is 105 Å². The fraction of sp³-hybridized carbons (Fsp3) is 0.286. The molecule has 0 aliphatic heterocycles. The summed E-state index contributed by atoms with van der Waals surface area (Å²) in [6.45, 7) is 4.00. The second kappa shape index (κ2) is 13.9. The van der Waals surface area contributed by atoms with E-state index in [2.05, 4.69) is 5.32 Å². The molecule has 0 saturated carbocycles. The molecule has 0 heterocycles. The van der Waals surface area contributed by atoms with Gasteiger partial charge in [-0.15, -0.1) is 11.8 Å². The summed E-state index contributed by atoms with van der Waals surface area (Å²) in [5.74, 6) is 0.531. The molecule has 36 heavy (non-hydrogen) atoms. The van der Waals surface area contributed by atoms with E-state index < -0.39 is 6.04 Å². The Morgan fingerprint density at radius 1 is 0.889 bits per heavy atom. The smallest absolute Gasteiger partial charge is 0.243 e. The zero-order valence-corrected chi connectivity index (χ0v) is 23.3. The van der Waals surface area contributed by atoms with Crippen LogP contribution in [0.1, 0.15) is 30.5 Å². The van der Waals surface area contributed by atoms with E-state index in [1.54, 1.807) is 23.1 Å². The number of nitrogens with zero attached hydrogens (tertiary/aromatic N) is 1. The molecule has 3 aromatic rings. The van der Waals surface area contributed by atoms with E-state index in [0.29, 0.717) is 27.2 Å². The van der Waals surface area contributed by atoms with Gasteiger partial charge in [0, 0.05) is 39.8 Å². The number of carbonyl (C=O) groups excluding carboxylic acids is 2. The maximum Gasteiger partial charge on any atom is 0.243 e. The fourth-order valence-electron chi connectivity index (χ4n) is 3.69. The number of thioether (sulfide) groups is 1. The van der Waals surface area contributed by atoms with E-state index in [9.17, 15) is 9.59 Å². The SMILES string of the molecule is CC(C)NC(=O)[C@@H](Cc1ccccc1)N(Cc1ccc(Cl)cc1Cl)C(=O)CSCc1ccc(Cl)cc1. The first kappa shape index (κ1) is 28.4. The number of rotatable bonds is 11. The first-order chi connectivity index (χ1) is 17.2. The lowest BCUT2D eigenvalue weighted by Crippen LogP contribution is -2.52. The lowest BCUT2D eigenvalue weighted by Gasteiger charge is -2.32. The van der Waals surface area contributed by atoms with Crippen molar-refractivity contribution in [2.24, 2.45) is 0 Å². The van der Waals surface area contributed by atoms with Crippen LogP contribution in [0, 0.1) is 0 Å². The fourth-order valence-corrected chi connectivity index (χ4v) is 5.15. The van der Waals surface area contributed by atoms with E-state index in [1.165, 1.54) is 11.8 Å².